The normalized spacial score (nSPS) is 30.4. The van der Waals surface area contributed by atoms with Gasteiger partial charge >= 0.3 is 0 Å². The van der Waals surface area contributed by atoms with Crippen molar-refractivity contribution in [2.75, 3.05) is 0 Å². The first-order chi connectivity index (χ1) is 9.74. The number of ether oxygens (including phenoxy) is 1. The molecule has 0 radical (unpaired) electrons. The Labute approximate surface area is 120 Å². The van der Waals surface area contributed by atoms with Crippen molar-refractivity contribution in [1.29, 1.82) is 0 Å². The van der Waals surface area contributed by atoms with Gasteiger partial charge in [0.15, 0.2) is 0 Å². The first-order valence-electron chi connectivity index (χ1n) is 7.89. The molecule has 0 saturated heterocycles. The zero-order valence-electron chi connectivity index (χ0n) is 11.9. The number of aliphatic hydroxyl groups is 2. The van der Waals surface area contributed by atoms with Crippen molar-refractivity contribution in [2.24, 2.45) is 0 Å². The largest absolute Gasteiger partial charge is 0.488 e. The van der Waals surface area contributed by atoms with Crippen LogP contribution in [0.25, 0.3) is 0 Å². The fourth-order valence-electron chi connectivity index (χ4n) is 3.40. The Bertz CT molecular complexity index is 458. The highest BCUT2D eigenvalue weighted by molar-refractivity contribution is 5.38. The summed E-state index contributed by atoms with van der Waals surface area (Å²) in [5.74, 6) is 0.837. The summed E-state index contributed by atoms with van der Waals surface area (Å²) in [6.07, 6.45) is 7.33. The van der Waals surface area contributed by atoms with E-state index in [1.165, 1.54) is 12.0 Å². The molecule has 1 aromatic carbocycles. The second kappa shape index (κ2) is 6.15. The van der Waals surface area contributed by atoms with E-state index in [1.807, 2.05) is 12.1 Å². The third-order valence-corrected chi connectivity index (χ3v) is 4.60. The molecule has 2 aliphatic carbocycles. The average Bonchev–Trinajstić information content (AvgIpc) is 2.64. The van der Waals surface area contributed by atoms with Crippen LogP contribution in [0.15, 0.2) is 18.2 Å². The van der Waals surface area contributed by atoms with Crippen molar-refractivity contribution >= 4 is 0 Å². The fraction of sp³-hybridized carbons (Fsp3) is 0.647. The first-order valence-corrected chi connectivity index (χ1v) is 7.89. The maximum Gasteiger partial charge on any atom is 0.124 e. The SMILES string of the molecule is OC1CCCc2cc(OC3CCCCCC3O)ccc21. The van der Waals surface area contributed by atoms with Gasteiger partial charge in [0.1, 0.15) is 11.9 Å². The summed E-state index contributed by atoms with van der Waals surface area (Å²) < 4.78 is 6.02. The van der Waals surface area contributed by atoms with Gasteiger partial charge in [0.25, 0.3) is 0 Å². The van der Waals surface area contributed by atoms with E-state index in [0.717, 1.165) is 56.3 Å². The molecule has 20 heavy (non-hydrogen) atoms. The number of hydrogen-bond donors (Lipinski definition) is 2. The average molecular weight is 276 g/mol. The smallest absolute Gasteiger partial charge is 0.124 e. The molecule has 3 unspecified atom stereocenters. The molecule has 2 N–H and O–H groups in total. The molecular weight excluding hydrogens is 252 g/mol. The second-order valence-corrected chi connectivity index (χ2v) is 6.13. The third kappa shape index (κ3) is 2.99. The summed E-state index contributed by atoms with van der Waals surface area (Å²) in [6, 6.07) is 5.97. The van der Waals surface area contributed by atoms with Crippen molar-refractivity contribution in [2.45, 2.75) is 69.7 Å². The molecule has 0 amide bonds. The van der Waals surface area contributed by atoms with Crippen LogP contribution < -0.4 is 4.74 Å². The molecule has 1 aromatic rings. The number of benzene rings is 1. The fourth-order valence-corrected chi connectivity index (χ4v) is 3.40. The number of aliphatic hydroxyl groups excluding tert-OH is 2. The number of rotatable bonds is 2. The maximum atomic E-state index is 10.1. The molecule has 3 nitrogen and oxygen atoms in total. The van der Waals surface area contributed by atoms with E-state index >= 15 is 0 Å². The van der Waals surface area contributed by atoms with Gasteiger partial charge in [-0.25, -0.2) is 0 Å². The lowest BCUT2D eigenvalue weighted by Gasteiger charge is -2.25. The van der Waals surface area contributed by atoms with Gasteiger partial charge in [-0.2, -0.15) is 0 Å². The minimum atomic E-state index is -0.348. The lowest BCUT2D eigenvalue weighted by molar-refractivity contribution is 0.0318. The van der Waals surface area contributed by atoms with E-state index in [1.54, 1.807) is 0 Å². The molecule has 110 valence electrons. The molecule has 0 bridgehead atoms. The van der Waals surface area contributed by atoms with Gasteiger partial charge < -0.3 is 14.9 Å². The van der Waals surface area contributed by atoms with Crippen LogP contribution in [0.2, 0.25) is 0 Å². The molecule has 3 rings (SSSR count). The lowest BCUT2D eigenvalue weighted by Crippen LogP contribution is -2.30. The van der Waals surface area contributed by atoms with E-state index in [9.17, 15) is 10.2 Å². The third-order valence-electron chi connectivity index (χ3n) is 4.60. The highest BCUT2D eigenvalue weighted by Gasteiger charge is 2.24. The van der Waals surface area contributed by atoms with Crippen LogP contribution in [0.3, 0.4) is 0 Å². The summed E-state index contributed by atoms with van der Waals surface area (Å²) in [5.41, 5.74) is 2.24. The molecule has 0 heterocycles. The molecule has 1 fully saturated rings. The van der Waals surface area contributed by atoms with Crippen molar-refractivity contribution in [3.05, 3.63) is 29.3 Å². The summed E-state index contributed by atoms with van der Waals surface area (Å²) in [7, 11) is 0. The van der Waals surface area contributed by atoms with E-state index in [-0.39, 0.29) is 18.3 Å². The van der Waals surface area contributed by atoms with Gasteiger partial charge in [0.2, 0.25) is 0 Å². The van der Waals surface area contributed by atoms with Crippen LogP contribution in [0.4, 0.5) is 0 Å². The molecule has 2 aliphatic rings. The molecule has 0 aliphatic heterocycles. The van der Waals surface area contributed by atoms with Crippen molar-refractivity contribution in [3.63, 3.8) is 0 Å². The van der Waals surface area contributed by atoms with E-state index in [4.69, 9.17) is 4.74 Å². The highest BCUT2D eigenvalue weighted by Crippen LogP contribution is 2.33. The Hall–Kier alpha value is -1.06. The van der Waals surface area contributed by atoms with Gasteiger partial charge in [0, 0.05) is 0 Å². The topological polar surface area (TPSA) is 49.7 Å². The molecular formula is C17H24O3. The van der Waals surface area contributed by atoms with Gasteiger partial charge in [-0.1, -0.05) is 18.9 Å². The molecule has 0 spiro atoms. The van der Waals surface area contributed by atoms with Crippen molar-refractivity contribution in [3.8, 4) is 5.75 Å². The monoisotopic (exact) mass is 276 g/mol. The zero-order valence-corrected chi connectivity index (χ0v) is 11.9. The Balaban J connectivity index is 1.74. The van der Waals surface area contributed by atoms with Crippen LogP contribution in [-0.4, -0.2) is 22.4 Å². The number of fused-ring (bicyclic) bond motifs is 1. The van der Waals surface area contributed by atoms with Gasteiger partial charge in [0.05, 0.1) is 12.2 Å². The van der Waals surface area contributed by atoms with E-state index in [0.29, 0.717) is 0 Å². The molecule has 1 saturated carbocycles. The summed E-state index contributed by atoms with van der Waals surface area (Å²) in [6.45, 7) is 0. The Morgan fingerprint density at radius 2 is 1.80 bits per heavy atom. The van der Waals surface area contributed by atoms with E-state index in [2.05, 4.69) is 6.07 Å². The Morgan fingerprint density at radius 1 is 0.950 bits per heavy atom. The highest BCUT2D eigenvalue weighted by atomic mass is 16.5. The molecule has 0 aromatic heterocycles. The van der Waals surface area contributed by atoms with Gasteiger partial charge in [-0.05, 0) is 61.8 Å². The van der Waals surface area contributed by atoms with Crippen LogP contribution >= 0.6 is 0 Å². The molecule has 3 heteroatoms. The van der Waals surface area contributed by atoms with Crippen molar-refractivity contribution in [1.82, 2.24) is 0 Å². The van der Waals surface area contributed by atoms with Gasteiger partial charge in [-0.15, -0.1) is 0 Å². The van der Waals surface area contributed by atoms with Crippen LogP contribution in [-0.2, 0) is 6.42 Å². The predicted octanol–water partition coefficient (Wildman–Crippen LogP) is 3.13. The zero-order chi connectivity index (χ0) is 13.9. The van der Waals surface area contributed by atoms with E-state index < -0.39 is 0 Å². The number of aryl methyl sites for hydroxylation is 1. The standard InChI is InChI=1S/C17H24O3/c18-15-7-4-5-12-11-13(9-10-14(12)15)20-17-8-3-1-2-6-16(17)19/h9-11,15-19H,1-8H2. The van der Waals surface area contributed by atoms with Crippen LogP contribution in [0, 0.1) is 0 Å². The van der Waals surface area contributed by atoms with Crippen molar-refractivity contribution < 1.29 is 14.9 Å². The predicted molar refractivity (Wildman–Crippen MR) is 77.8 cm³/mol. The minimum absolute atomic E-state index is 0.0796. The minimum Gasteiger partial charge on any atom is -0.488 e. The second-order valence-electron chi connectivity index (χ2n) is 6.13. The first kappa shape index (κ1) is 13.9. The maximum absolute atomic E-state index is 10.1. The summed E-state index contributed by atoms with van der Waals surface area (Å²) in [4.78, 5) is 0. The van der Waals surface area contributed by atoms with Crippen LogP contribution in [0.5, 0.6) is 5.75 Å². The Morgan fingerprint density at radius 3 is 2.70 bits per heavy atom. The summed E-state index contributed by atoms with van der Waals surface area (Å²) >= 11 is 0. The Kier molecular flexibility index (Phi) is 4.27. The lowest BCUT2D eigenvalue weighted by atomic mass is 9.89. The summed E-state index contributed by atoms with van der Waals surface area (Å²) in [5, 5.41) is 20.1. The van der Waals surface area contributed by atoms with Gasteiger partial charge in [-0.3, -0.25) is 0 Å². The van der Waals surface area contributed by atoms with Crippen LogP contribution in [0.1, 0.15) is 62.2 Å². The number of hydrogen-bond acceptors (Lipinski definition) is 3. The quantitative estimate of drug-likeness (QED) is 0.816. The molecule has 3 atom stereocenters.